The number of rotatable bonds is 4. The predicted molar refractivity (Wildman–Crippen MR) is 79.0 cm³/mol. The SMILES string of the molecule is CC(c1ccc(F)cc1)N(C)S(=O)(=O)c1ccnc(Cl)c1. The van der Waals surface area contributed by atoms with E-state index in [4.69, 9.17) is 11.6 Å². The second-order valence-electron chi connectivity index (χ2n) is 4.56. The zero-order valence-electron chi connectivity index (χ0n) is 11.5. The van der Waals surface area contributed by atoms with E-state index in [2.05, 4.69) is 4.98 Å². The number of aromatic nitrogens is 1. The van der Waals surface area contributed by atoms with Gasteiger partial charge in [-0.1, -0.05) is 23.7 Å². The predicted octanol–water partition coefficient (Wildman–Crippen LogP) is 3.26. The summed E-state index contributed by atoms with van der Waals surface area (Å²) in [6, 6.07) is 7.96. The molecule has 0 radical (unpaired) electrons. The molecule has 0 saturated heterocycles. The molecule has 0 N–H and O–H groups in total. The van der Waals surface area contributed by atoms with Crippen LogP contribution in [0.3, 0.4) is 0 Å². The lowest BCUT2D eigenvalue weighted by atomic mass is 10.1. The minimum absolute atomic E-state index is 0.0685. The van der Waals surface area contributed by atoms with Gasteiger partial charge in [0.05, 0.1) is 4.90 Å². The lowest BCUT2D eigenvalue weighted by Gasteiger charge is -2.24. The minimum Gasteiger partial charge on any atom is -0.244 e. The summed E-state index contributed by atoms with van der Waals surface area (Å²) in [5.74, 6) is -0.364. The van der Waals surface area contributed by atoms with Crippen molar-refractivity contribution >= 4 is 21.6 Å². The molecular formula is C14H14ClFN2O2S. The molecule has 0 spiro atoms. The van der Waals surface area contributed by atoms with Crippen LogP contribution in [-0.2, 0) is 10.0 Å². The van der Waals surface area contributed by atoms with E-state index in [9.17, 15) is 12.8 Å². The highest BCUT2D eigenvalue weighted by Gasteiger charge is 2.26. The molecule has 4 nitrogen and oxygen atoms in total. The molecular weight excluding hydrogens is 315 g/mol. The number of hydrogen-bond donors (Lipinski definition) is 0. The van der Waals surface area contributed by atoms with Gasteiger partial charge >= 0.3 is 0 Å². The fourth-order valence-electron chi connectivity index (χ4n) is 1.87. The van der Waals surface area contributed by atoms with Crippen LogP contribution in [-0.4, -0.2) is 24.8 Å². The van der Waals surface area contributed by atoms with E-state index in [0.717, 1.165) is 0 Å². The van der Waals surface area contributed by atoms with Crippen molar-refractivity contribution in [3.63, 3.8) is 0 Å². The molecule has 1 aromatic carbocycles. The summed E-state index contributed by atoms with van der Waals surface area (Å²) in [5, 5.41) is 0.110. The molecule has 1 heterocycles. The summed E-state index contributed by atoms with van der Waals surface area (Å²) < 4.78 is 39.2. The van der Waals surface area contributed by atoms with E-state index in [-0.39, 0.29) is 15.9 Å². The maximum Gasteiger partial charge on any atom is 0.243 e. The van der Waals surface area contributed by atoms with Crippen molar-refractivity contribution in [1.29, 1.82) is 0 Å². The highest BCUT2D eigenvalue weighted by atomic mass is 35.5. The molecule has 2 aromatic rings. The highest BCUT2D eigenvalue weighted by Crippen LogP contribution is 2.26. The van der Waals surface area contributed by atoms with Crippen molar-refractivity contribution in [1.82, 2.24) is 9.29 Å². The van der Waals surface area contributed by atoms with E-state index in [0.29, 0.717) is 5.56 Å². The van der Waals surface area contributed by atoms with Gasteiger partial charge in [0, 0.05) is 19.3 Å². The monoisotopic (exact) mass is 328 g/mol. The number of nitrogens with zero attached hydrogens (tertiary/aromatic N) is 2. The van der Waals surface area contributed by atoms with E-state index in [1.807, 2.05) is 0 Å². The first-order chi connectivity index (χ1) is 9.82. The zero-order chi connectivity index (χ0) is 15.6. The summed E-state index contributed by atoms with van der Waals surface area (Å²) in [7, 11) is -2.23. The van der Waals surface area contributed by atoms with Crippen molar-refractivity contribution < 1.29 is 12.8 Å². The fourth-order valence-corrected chi connectivity index (χ4v) is 3.47. The quantitative estimate of drug-likeness (QED) is 0.809. The topological polar surface area (TPSA) is 50.3 Å². The summed E-state index contributed by atoms with van der Waals surface area (Å²) in [5.41, 5.74) is 0.697. The van der Waals surface area contributed by atoms with Crippen LogP contribution in [0.5, 0.6) is 0 Å². The van der Waals surface area contributed by atoms with Gasteiger partial charge in [0.25, 0.3) is 0 Å². The number of halogens is 2. The third kappa shape index (κ3) is 3.40. The Balaban J connectivity index is 2.33. The van der Waals surface area contributed by atoms with Crippen molar-refractivity contribution in [2.24, 2.45) is 0 Å². The lowest BCUT2D eigenvalue weighted by Crippen LogP contribution is -2.29. The standard InChI is InChI=1S/C14H14ClFN2O2S/c1-10(11-3-5-12(16)6-4-11)18(2)21(19,20)13-7-8-17-14(15)9-13/h3-10H,1-2H3. The third-order valence-electron chi connectivity index (χ3n) is 3.27. The maximum absolute atomic E-state index is 12.9. The smallest absolute Gasteiger partial charge is 0.243 e. The van der Waals surface area contributed by atoms with Gasteiger partial charge < -0.3 is 0 Å². The molecule has 0 aliphatic heterocycles. The summed E-state index contributed by atoms with van der Waals surface area (Å²) in [4.78, 5) is 3.83. The van der Waals surface area contributed by atoms with Crippen molar-refractivity contribution in [3.8, 4) is 0 Å². The Labute approximate surface area is 128 Å². The van der Waals surface area contributed by atoms with Crippen LogP contribution in [0.15, 0.2) is 47.5 Å². The molecule has 0 fully saturated rings. The van der Waals surface area contributed by atoms with Gasteiger partial charge in [-0.15, -0.1) is 0 Å². The van der Waals surface area contributed by atoms with Gasteiger partial charge in [-0.05, 0) is 36.8 Å². The third-order valence-corrected chi connectivity index (χ3v) is 5.40. The Morgan fingerprint density at radius 1 is 1.24 bits per heavy atom. The Morgan fingerprint density at radius 2 is 1.86 bits per heavy atom. The van der Waals surface area contributed by atoms with E-state index >= 15 is 0 Å². The van der Waals surface area contributed by atoms with Gasteiger partial charge in [-0.2, -0.15) is 4.31 Å². The van der Waals surface area contributed by atoms with Gasteiger partial charge in [-0.3, -0.25) is 0 Å². The molecule has 1 atom stereocenters. The molecule has 0 saturated carbocycles. The molecule has 0 amide bonds. The molecule has 0 aliphatic rings. The van der Waals surface area contributed by atoms with Crippen LogP contribution in [0.4, 0.5) is 4.39 Å². The molecule has 112 valence electrons. The first kappa shape index (κ1) is 15.9. The van der Waals surface area contributed by atoms with Crippen LogP contribution in [0.2, 0.25) is 5.15 Å². The second-order valence-corrected chi connectivity index (χ2v) is 6.95. The van der Waals surface area contributed by atoms with Gasteiger partial charge in [0.15, 0.2) is 0 Å². The Morgan fingerprint density at radius 3 is 2.43 bits per heavy atom. The number of sulfonamides is 1. The molecule has 1 unspecified atom stereocenters. The largest absolute Gasteiger partial charge is 0.244 e. The van der Waals surface area contributed by atoms with E-state index in [1.54, 1.807) is 19.1 Å². The summed E-state index contributed by atoms with van der Waals surface area (Å²) in [6.07, 6.45) is 1.34. The van der Waals surface area contributed by atoms with E-state index in [1.165, 1.54) is 41.8 Å². The average Bonchev–Trinajstić information content (AvgIpc) is 2.46. The van der Waals surface area contributed by atoms with Crippen LogP contribution in [0.25, 0.3) is 0 Å². The Bertz CT molecular complexity index is 735. The summed E-state index contributed by atoms with van der Waals surface area (Å²) >= 11 is 5.73. The van der Waals surface area contributed by atoms with Gasteiger partial charge in [-0.25, -0.2) is 17.8 Å². The molecule has 0 aliphatic carbocycles. The van der Waals surface area contributed by atoms with Crippen LogP contribution >= 0.6 is 11.6 Å². The fraction of sp³-hybridized carbons (Fsp3) is 0.214. The molecule has 1 aromatic heterocycles. The zero-order valence-corrected chi connectivity index (χ0v) is 13.1. The van der Waals surface area contributed by atoms with Gasteiger partial charge in [0.2, 0.25) is 10.0 Å². The molecule has 21 heavy (non-hydrogen) atoms. The first-order valence-corrected chi connectivity index (χ1v) is 7.99. The number of pyridine rings is 1. The Hall–Kier alpha value is -1.50. The maximum atomic E-state index is 12.9. The van der Waals surface area contributed by atoms with Gasteiger partial charge in [0.1, 0.15) is 11.0 Å². The highest BCUT2D eigenvalue weighted by molar-refractivity contribution is 7.89. The average molecular weight is 329 g/mol. The second kappa shape index (κ2) is 6.09. The lowest BCUT2D eigenvalue weighted by molar-refractivity contribution is 0.398. The number of hydrogen-bond acceptors (Lipinski definition) is 3. The van der Waals surface area contributed by atoms with Crippen LogP contribution in [0, 0.1) is 5.82 Å². The summed E-state index contributed by atoms with van der Waals surface area (Å²) in [6.45, 7) is 1.73. The number of benzene rings is 1. The van der Waals surface area contributed by atoms with Crippen molar-refractivity contribution in [2.75, 3.05) is 7.05 Å². The van der Waals surface area contributed by atoms with Crippen LogP contribution in [0.1, 0.15) is 18.5 Å². The van der Waals surface area contributed by atoms with Crippen LogP contribution < -0.4 is 0 Å². The normalized spacial score (nSPS) is 13.4. The minimum atomic E-state index is -3.70. The van der Waals surface area contributed by atoms with E-state index < -0.39 is 16.1 Å². The van der Waals surface area contributed by atoms with Crippen molar-refractivity contribution in [3.05, 3.63) is 59.1 Å². The molecule has 0 bridgehead atoms. The molecule has 7 heteroatoms. The van der Waals surface area contributed by atoms with Crippen molar-refractivity contribution in [2.45, 2.75) is 17.9 Å². The molecule has 2 rings (SSSR count). The Kier molecular flexibility index (Phi) is 4.61. The first-order valence-electron chi connectivity index (χ1n) is 6.17.